The molecule has 2 aromatic rings. The van der Waals surface area contributed by atoms with E-state index in [4.69, 9.17) is 0 Å². The van der Waals surface area contributed by atoms with Crippen molar-refractivity contribution in [3.8, 4) is 11.1 Å². The summed E-state index contributed by atoms with van der Waals surface area (Å²) in [5.74, 6) is -0.287. The Hall–Kier alpha value is -2.62. The molecule has 1 aliphatic rings. The Morgan fingerprint density at radius 2 is 1.54 bits per heavy atom. The Balaban J connectivity index is 1.93. The standard InChI is InChI=1S/C20H21NO3/c1-21(13-12-14-10-11-14)19(22)17-8-4-2-6-15(17)16-7-3-5-9-18(16)20(23)24/h2-9,14H,10-13H2,1H3,(H,23,24). The van der Waals surface area contributed by atoms with E-state index in [-0.39, 0.29) is 11.5 Å². The van der Waals surface area contributed by atoms with Crippen molar-refractivity contribution in [1.29, 1.82) is 0 Å². The fourth-order valence-electron chi connectivity index (χ4n) is 2.90. The van der Waals surface area contributed by atoms with E-state index in [0.29, 0.717) is 16.7 Å². The largest absolute Gasteiger partial charge is 0.478 e. The molecule has 0 aromatic heterocycles. The predicted octanol–water partition coefficient (Wildman–Crippen LogP) is 3.92. The summed E-state index contributed by atoms with van der Waals surface area (Å²) in [6.07, 6.45) is 3.57. The van der Waals surface area contributed by atoms with Crippen LogP contribution in [-0.2, 0) is 0 Å². The summed E-state index contributed by atoms with van der Waals surface area (Å²) in [5, 5.41) is 9.42. The van der Waals surface area contributed by atoms with Crippen LogP contribution in [0, 0.1) is 5.92 Å². The van der Waals surface area contributed by atoms with Crippen LogP contribution in [0.15, 0.2) is 48.5 Å². The third-order valence-corrected chi connectivity index (χ3v) is 4.52. The highest BCUT2D eigenvalue weighted by atomic mass is 16.4. The molecule has 0 aliphatic heterocycles. The number of aromatic carboxylic acids is 1. The SMILES string of the molecule is CN(CCC1CC1)C(=O)c1ccccc1-c1ccccc1C(=O)O. The summed E-state index contributed by atoms with van der Waals surface area (Å²) < 4.78 is 0. The molecule has 1 fully saturated rings. The third kappa shape index (κ3) is 3.48. The molecule has 4 heteroatoms. The number of nitrogens with zero attached hydrogens (tertiary/aromatic N) is 1. The first-order valence-electron chi connectivity index (χ1n) is 8.25. The van der Waals surface area contributed by atoms with E-state index < -0.39 is 5.97 Å². The van der Waals surface area contributed by atoms with Gasteiger partial charge in [0, 0.05) is 19.2 Å². The average molecular weight is 323 g/mol. The molecule has 0 unspecified atom stereocenters. The first-order valence-corrected chi connectivity index (χ1v) is 8.25. The maximum Gasteiger partial charge on any atom is 0.336 e. The number of carbonyl (C=O) groups excluding carboxylic acids is 1. The van der Waals surface area contributed by atoms with Gasteiger partial charge in [0.1, 0.15) is 0 Å². The van der Waals surface area contributed by atoms with Crippen LogP contribution in [0.2, 0.25) is 0 Å². The third-order valence-electron chi connectivity index (χ3n) is 4.52. The predicted molar refractivity (Wildman–Crippen MR) is 93.1 cm³/mol. The second-order valence-corrected chi connectivity index (χ2v) is 6.36. The van der Waals surface area contributed by atoms with Gasteiger partial charge in [0.2, 0.25) is 0 Å². The van der Waals surface area contributed by atoms with Crippen molar-refractivity contribution in [2.75, 3.05) is 13.6 Å². The number of carbonyl (C=O) groups is 2. The van der Waals surface area contributed by atoms with Crippen molar-refractivity contribution in [2.24, 2.45) is 5.92 Å². The lowest BCUT2D eigenvalue weighted by Crippen LogP contribution is -2.28. The van der Waals surface area contributed by atoms with Crippen LogP contribution in [-0.4, -0.2) is 35.5 Å². The second-order valence-electron chi connectivity index (χ2n) is 6.36. The minimum Gasteiger partial charge on any atom is -0.478 e. The molecule has 0 heterocycles. The summed E-state index contributed by atoms with van der Waals surface area (Å²) >= 11 is 0. The average Bonchev–Trinajstić information content (AvgIpc) is 3.43. The highest BCUT2D eigenvalue weighted by Gasteiger charge is 2.24. The summed E-state index contributed by atoms with van der Waals surface area (Å²) in [5.41, 5.74) is 1.99. The molecule has 0 radical (unpaired) electrons. The molecule has 0 spiro atoms. The van der Waals surface area contributed by atoms with Crippen molar-refractivity contribution in [2.45, 2.75) is 19.3 Å². The van der Waals surface area contributed by atoms with Crippen molar-refractivity contribution < 1.29 is 14.7 Å². The molecular formula is C20H21NO3. The zero-order chi connectivity index (χ0) is 17.1. The van der Waals surface area contributed by atoms with Gasteiger partial charge in [-0.25, -0.2) is 4.79 Å². The fourth-order valence-corrected chi connectivity index (χ4v) is 2.90. The molecule has 0 saturated heterocycles. The zero-order valence-corrected chi connectivity index (χ0v) is 13.7. The molecule has 124 valence electrons. The lowest BCUT2D eigenvalue weighted by Gasteiger charge is -2.19. The maximum atomic E-state index is 12.8. The second kappa shape index (κ2) is 6.87. The minimum atomic E-state index is -0.991. The molecule has 1 saturated carbocycles. The van der Waals surface area contributed by atoms with E-state index in [9.17, 15) is 14.7 Å². The monoisotopic (exact) mass is 323 g/mol. The van der Waals surface area contributed by atoms with Gasteiger partial charge in [-0.1, -0.05) is 49.2 Å². The molecular weight excluding hydrogens is 302 g/mol. The molecule has 1 aliphatic carbocycles. The molecule has 24 heavy (non-hydrogen) atoms. The van der Waals surface area contributed by atoms with Gasteiger partial charge in [-0.05, 0) is 35.6 Å². The molecule has 1 N–H and O–H groups in total. The lowest BCUT2D eigenvalue weighted by molar-refractivity contribution is 0.0696. The molecule has 2 aromatic carbocycles. The highest BCUT2D eigenvalue weighted by molar-refractivity contribution is 6.04. The van der Waals surface area contributed by atoms with Gasteiger partial charge in [-0.2, -0.15) is 0 Å². The Morgan fingerprint density at radius 3 is 2.12 bits per heavy atom. The lowest BCUT2D eigenvalue weighted by atomic mass is 9.94. The number of amides is 1. The Morgan fingerprint density at radius 1 is 1.00 bits per heavy atom. The topological polar surface area (TPSA) is 57.6 Å². The van der Waals surface area contributed by atoms with Gasteiger partial charge < -0.3 is 10.0 Å². The van der Waals surface area contributed by atoms with Gasteiger partial charge in [0.25, 0.3) is 5.91 Å². The molecule has 3 rings (SSSR count). The smallest absolute Gasteiger partial charge is 0.336 e. The van der Waals surface area contributed by atoms with Gasteiger partial charge >= 0.3 is 5.97 Å². The minimum absolute atomic E-state index is 0.0635. The van der Waals surface area contributed by atoms with Crippen LogP contribution in [0.5, 0.6) is 0 Å². The van der Waals surface area contributed by atoms with Crippen LogP contribution in [0.1, 0.15) is 40.0 Å². The fraction of sp³-hybridized carbons (Fsp3) is 0.300. The van der Waals surface area contributed by atoms with Crippen LogP contribution < -0.4 is 0 Å². The Bertz CT molecular complexity index is 765. The number of rotatable bonds is 6. The van der Waals surface area contributed by atoms with Crippen LogP contribution >= 0.6 is 0 Å². The number of carboxylic acid groups (broad SMARTS) is 1. The zero-order valence-electron chi connectivity index (χ0n) is 13.7. The van der Waals surface area contributed by atoms with Crippen LogP contribution in [0.4, 0.5) is 0 Å². The van der Waals surface area contributed by atoms with Gasteiger partial charge in [-0.3, -0.25) is 4.79 Å². The molecule has 0 atom stereocenters. The van der Waals surface area contributed by atoms with Crippen molar-refractivity contribution in [1.82, 2.24) is 4.90 Å². The first kappa shape index (κ1) is 16.2. The normalized spacial score (nSPS) is 13.5. The Labute approximate surface area is 141 Å². The van der Waals surface area contributed by atoms with E-state index in [0.717, 1.165) is 18.9 Å². The van der Waals surface area contributed by atoms with Crippen LogP contribution in [0.25, 0.3) is 11.1 Å². The summed E-state index contributed by atoms with van der Waals surface area (Å²) in [6.45, 7) is 0.735. The van der Waals surface area contributed by atoms with E-state index in [1.54, 1.807) is 35.2 Å². The number of benzene rings is 2. The van der Waals surface area contributed by atoms with E-state index >= 15 is 0 Å². The van der Waals surface area contributed by atoms with Gasteiger partial charge in [0.05, 0.1) is 5.56 Å². The molecule has 1 amide bonds. The van der Waals surface area contributed by atoms with E-state index in [1.165, 1.54) is 12.8 Å². The highest BCUT2D eigenvalue weighted by Crippen LogP contribution is 2.33. The van der Waals surface area contributed by atoms with Gasteiger partial charge in [0.15, 0.2) is 0 Å². The van der Waals surface area contributed by atoms with Crippen molar-refractivity contribution in [3.63, 3.8) is 0 Å². The molecule has 0 bridgehead atoms. The first-order chi connectivity index (χ1) is 11.6. The van der Waals surface area contributed by atoms with Crippen molar-refractivity contribution >= 4 is 11.9 Å². The number of hydrogen-bond acceptors (Lipinski definition) is 2. The number of carboxylic acids is 1. The van der Waals surface area contributed by atoms with Crippen molar-refractivity contribution in [3.05, 3.63) is 59.7 Å². The summed E-state index contributed by atoms with van der Waals surface area (Å²) in [4.78, 5) is 26.1. The number of hydrogen-bond donors (Lipinski definition) is 1. The summed E-state index contributed by atoms with van der Waals surface area (Å²) in [6, 6.07) is 14.0. The molecule has 4 nitrogen and oxygen atoms in total. The van der Waals surface area contributed by atoms with E-state index in [1.807, 2.05) is 25.2 Å². The maximum absolute atomic E-state index is 12.8. The van der Waals surface area contributed by atoms with Crippen LogP contribution in [0.3, 0.4) is 0 Å². The quantitative estimate of drug-likeness (QED) is 0.876. The summed E-state index contributed by atoms with van der Waals surface area (Å²) in [7, 11) is 1.81. The van der Waals surface area contributed by atoms with Gasteiger partial charge in [-0.15, -0.1) is 0 Å². The Kier molecular flexibility index (Phi) is 4.65. The van der Waals surface area contributed by atoms with E-state index in [2.05, 4.69) is 0 Å².